The molecule has 1 N–H and O–H groups in total. The van der Waals surface area contributed by atoms with Crippen LogP contribution in [0.5, 0.6) is 5.75 Å². The van der Waals surface area contributed by atoms with E-state index in [4.69, 9.17) is 21.4 Å². The van der Waals surface area contributed by atoms with Crippen LogP contribution in [-0.2, 0) is 4.79 Å². The zero-order chi connectivity index (χ0) is 13.8. The Morgan fingerprint density at radius 3 is 3.00 bits per heavy atom. The number of hydrogen-bond donors (Lipinski definition) is 1. The Balaban J connectivity index is 1.87. The third kappa shape index (κ3) is 3.61. The van der Waals surface area contributed by atoms with E-state index in [1.807, 2.05) is 6.92 Å². The van der Waals surface area contributed by atoms with Crippen molar-refractivity contribution in [3.8, 4) is 5.75 Å². The molecule has 1 fully saturated rings. The minimum atomic E-state index is -0.0368. The van der Waals surface area contributed by atoms with Crippen molar-refractivity contribution in [1.82, 2.24) is 4.90 Å². The van der Waals surface area contributed by atoms with Crippen LogP contribution in [0.3, 0.4) is 0 Å². The van der Waals surface area contributed by atoms with E-state index in [1.54, 1.807) is 23.1 Å². The highest BCUT2D eigenvalue weighted by Gasteiger charge is 2.25. The lowest BCUT2D eigenvalue weighted by molar-refractivity contribution is -0.132. The number of aryl methyl sites for hydroxylation is 1. The van der Waals surface area contributed by atoms with Crippen LogP contribution in [-0.4, -0.2) is 42.2 Å². The van der Waals surface area contributed by atoms with Crippen LogP contribution in [0.1, 0.15) is 12.0 Å². The number of nitrogens with zero attached hydrogens (tertiary/aromatic N) is 1. The average molecular weight is 284 g/mol. The molecular weight excluding hydrogens is 266 g/mol. The Labute approximate surface area is 117 Å². The molecule has 0 radical (unpaired) electrons. The number of ether oxygens (including phenoxy) is 1. The van der Waals surface area contributed by atoms with Gasteiger partial charge in [0, 0.05) is 30.6 Å². The predicted molar refractivity (Wildman–Crippen MR) is 73.5 cm³/mol. The summed E-state index contributed by atoms with van der Waals surface area (Å²) in [5, 5.41) is 9.71. The van der Waals surface area contributed by atoms with Gasteiger partial charge in [-0.2, -0.15) is 0 Å². The number of benzene rings is 1. The van der Waals surface area contributed by atoms with E-state index in [-0.39, 0.29) is 25.0 Å². The first-order valence-electron chi connectivity index (χ1n) is 6.37. The molecule has 104 valence electrons. The van der Waals surface area contributed by atoms with Gasteiger partial charge in [-0.05, 0) is 37.1 Å². The second kappa shape index (κ2) is 6.26. The minimum Gasteiger partial charge on any atom is -0.483 e. The number of carbonyl (C=O) groups excluding carboxylic acids is 1. The Morgan fingerprint density at radius 2 is 2.37 bits per heavy atom. The van der Waals surface area contributed by atoms with Crippen LogP contribution in [0.2, 0.25) is 5.02 Å². The lowest BCUT2D eigenvalue weighted by Crippen LogP contribution is -2.33. The van der Waals surface area contributed by atoms with Crippen LogP contribution < -0.4 is 4.74 Å². The van der Waals surface area contributed by atoms with Crippen molar-refractivity contribution in [3.05, 3.63) is 28.8 Å². The van der Waals surface area contributed by atoms with Crippen molar-refractivity contribution in [3.63, 3.8) is 0 Å². The number of amides is 1. The van der Waals surface area contributed by atoms with Crippen molar-refractivity contribution in [2.75, 3.05) is 26.3 Å². The van der Waals surface area contributed by atoms with Gasteiger partial charge in [0.1, 0.15) is 5.75 Å². The molecule has 19 heavy (non-hydrogen) atoms. The van der Waals surface area contributed by atoms with E-state index in [0.29, 0.717) is 23.9 Å². The summed E-state index contributed by atoms with van der Waals surface area (Å²) >= 11 is 5.86. The first-order valence-corrected chi connectivity index (χ1v) is 6.75. The average Bonchev–Trinajstić information content (AvgIpc) is 2.86. The summed E-state index contributed by atoms with van der Waals surface area (Å²) in [5.41, 5.74) is 0.912. The number of halogens is 1. The highest BCUT2D eigenvalue weighted by Crippen LogP contribution is 2.22. The molecule has 1 heterocycles. The van der Waals surface area contributed by atoms with Gasteiger partial charge < -0.3 is 14.7 Å². The molecule has 4 nitrogen and oxygen atoms in total. The number of rotatable bonds is 4. The van der Waals surface area contributed by atoms with Crippen molar-refractivity contribution in [2.45, 2.75) is 13.3 Å². The normalized spacial score (nSPS) is 18.7. The third-order valence-electron chi connectivity index (χ3n) is 3.38. The van der Waals surface area contributed by atoms with E-state index >= 15 is 0 Å². The van der Waals surface area contributed by atoms with Gasteiger partial charge in [-0.15, -0.1) is 0 Å². The molecule has 1 atom stereocenters. The van der Waals surface area contributed by atoms with Gasteiger partial charge in [0.15, 0.2) is 6.61 Å². The molecule has 0 saturated carbocycles. The maximum Gasteiger partial charge on any atom is 0.260 e. The van der Waals surface area contributed by atoms with E-state index in [1.165, 1.54) is 0 Å². The van der Waals surface area contributed by atoms with Crippen LogP contribution in [0, 0.1) is 12.8 Å². The van der Waals surface area contributed by atoms with Gasteiger partial charge in [-0.25, -0.2) is 0 Å². The SMILES string of the molecule is Cc1cc(Cl)ccc1OCC(=O)N1CCC(CO)C1. The highest BCUT2D eigenvalue weighted by molar-refractivity contribution is 6.30. The molecule has 1 unspecified atom stereocenters. The maximum atomic E-state index is 12.0. The van der Waals surface area contributed by atoms with Crippen molar-refractivity contribution in [1.29, 1.82) is 0 Å². The molecular formula is C14H18ClNO3. The third-order valence-corrected chi connectivity index (χ3v) is 3.62. The van der Waals surface area contributed by atoms with Crippen molar-refractivity contribution in [2.24, 2.45) is 5.92 Å². The first-order chi connectivity index (χ1) is 9.10. The van der Waals surface area contributed by atoms with Gasteiger partial charge in [0.05, 0.1) is 0 Å². The number of aliphatic hydroxyl groups excluding tert-OH is 1. The Hall–Kier alpha value is -1.26. The van der Waals surface area contributed by atoms with E-state index in [9.17, 15) is 4.79 Å². The molecule has 1 aliphatic rings. The lowest BCUT2D eigenvalue weighted by Gasteiger charge is -2.17. The molecule has 0 aliphatic carbocycles. The molecule has 0 bridgehead atoms. The van der Waals surface area contributed by atoms with Crippen molar-refractivity contribution < 1.29 is 14.6 Å². The lowest BCUT2D eigenvalue weighted by atomic mass is 10.1. The van der Waals surface area contributed by atoms with E-state index in [0.717, 1.165) is 12.0 Å². The molecule has 1 saturated heterocycles. The second-order valence-corrected chi connectivity index (χ2v) is 5.31. The van der Waals surface area contributed by atoms with Crippen LogP contribution in [0.4, 0.5) is 0 Å². The molecule has 0 aromatic heterocycles. The monoisotopic (exact) mass is 283 g/mol. The molecule has 1 aromatic carbocycles. The molecule has 5 heteroatoms. The van der Waals surface area contributed by atoms with E-state index in [2.05, 4.69) is 0 Å². The summed E-state index contributed by atoms with van der Waals surface area (Å²) in [7, 11) is 0. The Bertz CT molecular complexity index is 464. The summed E-state index contributed by atoms with van der Waals surface area (Å²) in [4.78, 5) is 13.7. The zero-order valence-corrected chi connectivity index (χ0v) is 11.7. The molecule has 2 rings (SSSR count). The summed E-state index contributed by atoms with van der Waals surface area (Å²) in [6.45, 7) is 3.39. The fourth-order valence-electron chi connectivity index (χ4n) is 2.21. The molecule has 0 spiro atoms. The van der Waals surface area contributed by atoms with Gasteiger partial charge in [-0.3, -0.25) is 4.79 Å². The van der Waals surface area contributed by atoms with Crippen LogP contribution in [0.15, 0.2) is 18.2 Å². The minimum absolute atomic E-state index is 0.0284. The second-order valence-electron chi connectivity index (χ2n) is 4.88. The van der Waals surface area contributed by atoms with Gasteiger partial charge in [0.2, 0.25) is 0 Å². The number of likely N-dealkylation sites (tertiary alicyclic amines) is 1. The first kappa shape index (κ1) is 14.2. The van der Waals surface area contributed by atoms with Gasteiger partial charge in [-0.1, -0.05) is 11.6 Å². The van der Waals surface area contributed by atoms with Crippen LogP contribution in [0.25, 0.3) is 0 Å². The largest absolute Gasteiger partial charge is 0.483 e. The topological polar surface area (TPSA) is 49.8 Å². The Kier molecular flexibility index (Phi) is 4.66. The summed E-state index contributed by atoms with van der Waals surface area (Å²) < 4.78 is 5.52. The number of hydrogen-bond acceptors (Lipinski definition) is 3. The number of carbonyl (C=O) groups is 1. The zero-order valence-electron chi connectivity index (χ0n) is 10.9. The molecule has 1 amide bonds. The smallest absolute Gasteiger partial charge is 0.260 e. The van der Waals surface area contributed by atoms with Gasteiger partial charge in [0.25, 0.3) is 5.91 Å². The molecule has 1 aromatic rings. The summed E-state index contributed by atoms with van der Waals surface area (Å²) in [5.74, 6) is 0.849. The Morgan fingerprint density at radius 1 is 1.58 bits per heavy atom. The fraction of sp³-hybridized carbons (Fsp3) is 0.500. The quantitative estimate of drug-likeness (QED) is 0.918. The predicted octanol–water partition coefficient (Wildman–Crippen LogP) is 1.87. The number of aliphatic hydroxyl groups is 1. The maximum absolute atomic E-state index is 12.0. The van der Waals surface area contributed by atoms with Crippen LogP contribution >= 0.6 is 11.6 Å². The van der Waals surface area contributed by atoms with E-state index < -0.39 is 0 Å². The van der Waals surface area contributed by atoms with Gasteiger partial charge >= 0.3 is 0 Å². The molecule has 1 aliphatic heterocycles. The summed E-state index contributed by atoms with van der Waals surface area (Å²) in [6, 6.07) is 5.32. The highest BCUT2D eigenvalue weighted by atomic mass is 35.5. The summed E-state index contributed by atoms with van der Waals surface area (Å²) in [6.07, 6.45) is 0.863. The fourth-order valence-corrected chi connectivity index (χ4v) is 2.44. The van der Waals surface area contributed by atoms with Crippen molar-refractivity contribution >= 4 is 17.5 Å². The standard InChI is InChI=1S/C14H18ClNO3/c1-10-6-12(15)2-3-13(10)19-9-14(18)16-5-4-11(7-16)8-17/h2-3,6,11,17H,4-5,7-9H2,1H3.